The lowest BCUT2D eigenvalue weighted by Gasteiger charge is -2.34. The van der Waals surface area contributed by atoms with Crippen LogP contribution in [0.5, 0.6) is 0 Å². The number of hydrogen-bond acceptors (Lipinski definition) is 3. The number of ether oxygens (including phenoxy) is 1. The Kier molecular flexibility index (Phi) is 5.12. The van der Waals surface area contributed by atoms with E-state index in [-0.39, 0.29) is 0 Å². The van der Waals surface area contributed by atoms with Crippen LogP contribution in [0.2, 0.25) is 0 Å². The van der Waals surface area contributed by atoms with Crippen molar-refractivity contribution in [2.24, 2.45) is 0 Å². The van der Waals surface area contributed by atoms with Crippen LogP contribution < -0.4 is 0 Å². The predicted octanol–water partition coefficient (Wildman–Crippen LogP) is 3.79. The molecule has 1 amide bonds. The minimum atomic E-state index is -5.25. The van der Waals surface area contributed by atoms with Gasteiger partial charge in [0, 0.05) is 0 Å². The van der Waals surface area contributed by atoms with E-state index in [2.05, 4.69) is 4.74 Å². The molecule has 0 aliphatic heterocycles. The minimum absolute atomic E-state index is 0.371. The fourth-order valence-corrected chi connectivity index (χ4v) is 1.66. The summed E-state index contributed by atoms with van der Waals surface area (Å²) in [5.41, 5.74) is -3.16. The van der Waals surface area contributed by atoms with E-state index in [0.29, 0.717) is 12.1 Å². The lowest BCUT2D eigenvalue weighted by molar-refractivity contribution is -0.263. The molecule has 0 saturated heterocycles. The average molecular weight is 355 g/mol. The summed E-state index contributed by atoms with van der Waals surface area (Å²) in [5.74, 6) is -15.2. The molecule has 0 bridgehead atoms. The van der Waals surface area contributed by atoms with E-state index in [4.69, 9.17) is 5.11 Å². The second kappa shape index (κ2) is 6.25. The number of halogens is 5. The molecule has 1 atom stereocenters. The van der Waals surface area contributed by atoms with E-state index in [1.165, 1.54) is 20.8 Å². The minimum Gasteiger partial charge on any atom is -0.477 e. The van der Waals surface area contributed by atoms with Crippen LogP contribution in [0.1, 0.15) is 26.3 Å². The van der Waals surface area contributed by atoms with E-state index in [1.54, 1.807) is 0 Å². The highest BCUT2D eigenvalue weighted by Gasteiger charge is 2.70. The fraction of sp³-hybridized carbons (Fsp3) is 0.429. The zero-order valence-electron chi connectivity index (χ0n) is 12.8. The first kappa shape index (κ1) is 19.7. The van der Waals surface area contributed by atoms with Gasteiger partial charge in [0.25, 0.3) is 0 Å². The van der Waals surface area contributed by atoms with Crippen molar-refractivity contribution in [3.05, 3.63) is 35.6 Å². The molecule has 0 heterocycles. The third-order valence-electron chi connectivity index (χ3n) is 2.74. The van der Waals surface area contributed by atoms with Crippen LogP contribution in [-0.2, 0) is 15.5 Å². The van der Waals surface area contributed by atoms with Crippen molar-refractivity contribution in [3.8, 4) is 0 Å². The predicted molar refractivity (Wildman–Crippen MR) is 70.9 cm³/mol. The molecule has 0 saturated carbocycles. The summed E-state index contributed by atoms with van der Waals surface area (Å²) in [7, 11) is 0. The molecule has 10 heteroatoms. The van der Waals surface area contributed by atoms with Crippen molar-refractivity contribution in [1.29, 1.82) is 0 Å². The third kappa shape index (κ3) is 3.41. The van der Waals surface area contributed by atoms with E-state index in [1.807, 2.05) is 0 Å². The quantitative estimate of drug-likeness (QED) is 0.507. The number of benzene rings is 1. The number of alkyl halides is 3. The molecule has 0 fully saturated rings. The summed E-state index contributed by atoms with van der Waals surface area (Å²) in [5, 5.41) is 6.88. The first-order chi connectivity index (χ1) is 10.7. The van der Waals surface area contributed by atoms with E-state index in [9.17, 15) is 31.6 Å². The zero-order chi connectivity index (χ0) is 18.9. The number of amides is 1. The van der Waals surface area contributed by atoms with Crippen molar-refractivity contribution in [2.75, 3.05) is 0 Å². The Balaban J connectivity index is 3.41. The number of rotatable bonds is 4. The van der Waals surface area contributed by atoms with Gasteiger partial charge in [0.2, 0.25) is 0 Å². The lowest BCUT2D eigenvalue weighted by Crippen LogP contribution is -2.60. The zero-order valence-corrected chi connectivity index (χ0v) is 12.8. The third-order valence-corrected chi connectivity index (χ3v) is 2.74. The van der Waals surface area contributed by atoms with E-state index >= 15 is 0 Å². The van der Waals surface area contributed by atoms with E-state index in [0.717, 1.165) is 12.1 Å². The molecule has 0 radical (unpaired) electrons. The van der Waals surface area contributed by atoms with Gasteiger partial charge in [-0.3, -0.25) is 0 Å². The molecule has 1 N–H and O–H groups in total. The van der Waals surface area contributed by atoms with Crippen molar-refractivity contribution >= 4 is 12.1 Å². The molecule has 134 valence electrons. The molecule has 0 aliphatic carbocycles. The second-order valence-electron chi connectivity index (χ2n) is 5.74. The van der Waals surface area contributed by atoms with Crippen LogP contribution in [0.15, 0.2) is 24.3 Å². The number of carbonyl (C=O) groups is 2. The highest BCUT2D eigenvalue weighted by molar-refractivity contribution is 5.83. The molecule has 0 aromatic heterocycles. The van der Waals surface area contributed by atoms with Gasteiger partial charge in [0.05, 0.1) is 5.56 Å². The number of hydrogen-bond donors (Lipinski definition) is 1. The Labute approximate surface area is 133 Å². The molecule has 1 rings (SSSR count). The highest BCUT2D eigenvalue weighted by Crippen LogP contribution is 2.45. The maximum absolute atomic E-state index is 14.5. The molecule has 0 aliphatic rings. The van der Waals surface area contributed by atoms with Crippen LogP contribution in [-0.4, -0.2) is 33.7 Å². The van der Waals surface area contributed by atoms with Gasteiger partial charge >= 0.3 is 23.8 Å². The smallest absolute Gasteiger partial charge is 0.442 e. The molecular weight excluding hydrogens is 341 g/mol. The van der Waals surface area contributed by atoms with Crippen LogP contribution in [0.4, 0.5) is 26.8 Å². The number of aliphatic carboxylic acids is 1. The van der Waals surface area contributed by atoms with Gasteiger partial charge in [-0.1, -0.05) is 21.7 Å². The van der Waals surface area contributed by atoms with Gasteiger partial charge in [-0.15, -0.1) is 0 Å². The maximum Gasteiger partial charge on any atom is 0.442 e. The van der Waals surface area contributed by atoms with Crippen molar-refractivity contribution in [2.45, 2.75) is 38.1 Å². The summed E-state index contributed by atoms with van der Waals surface area (Å²) in [4.78, 5) is 22.5. The molecular formula is C14H14F5NO4. The molecule has 0 unspecified atom stereocenters. The molecule has 0 spiro atoms. The summed E-state index contributed by atoms with van der Waals surface area (Å²) < 4.78 is 74.9. The standard InChI is InChI=1S/C14H14F5NO4/c1-12(2,3)24-11(23)20(19)14(18,10(21)22)13(16,17)8-6-4-5-7-9(8)15/h4-7H,1-3H3,(H,21,22)/t14-/m1/s1. The molecule has 1 aromatic carbocycles. The SMILES string of the molecule is CC(C)(C)OC(=O)N(F)[C@](F)(C(=O)O)C(F)(F)c1ccccc1F. The van der Waals surface area contributed by atoms with Gasteiger partial charge in [-0.2, -0.15) is 13.2 Å². The number of carbonyl (C=O) groups excluding carboxylic acids is 1. The van der Waals surface area contributed by atoms with Crippen molar-refractivity contribution in [1.82, 2.24) is 5.12 Å². The van der Waals surface area contributed by atoms with Gasteiger partial charge in [0.1, 0.15) is 11.4 Å². The van der Waals surface area contributed by atoms with Crippen LogP contribution in [0, 0.1) is 5.82 Å². The highest BCUT2D eigenvalue weighted by atomic mass is 19.3. The van der Waals surface area contributed by atoms with E-state index < -0.39 is 45.9 Å². The number of carboxylic acids is 1. The van der Waals surface area contributed by atoms with Gasteiger partial charge in [-0.05, 0) is 32.9 Å². The Morgan fingerprint density at radius 2 is 1.62 bits per heavy atom. The summed E-state index contributed by atoms with van der Waals surface area (Å²) in [6.07, 6.45) is -2.30. The Morgan fingerprint density at radius 3 is 2.04 bits per heavy atom. The Bertz CT molecular complexity index is 646. The van der Waals surface area contributed by atoms with Crippen LogP contribution in [0.3, 0.4) is 0 Å². The summed E-state index contributed by atoms with van der Waals surface area (Å²) >= 11 is 0. The monoisotopic (exact) mass is 355 g/mol. The summed E-state index contributed by atoms with van der Waals surface area (Å²) in [6, 6.07) is 2.72. The molecule has 24 heavy (non-hydrogen) atoms. The summed E-state index contributed by atoms with van der Waals surface area (Å²) in [6.45, 7) is 3.65. The topological polar surface area (TPSA) is 66.8 Å². The van der Waals surface area contributed by atoms with Crippen LogP contribution >= 0.6 is 0 Å². The number of nitrogens with zero attached hydrogens (tertiary/aromatic N) is 1. The van der Waals surface area contributed by atoms with Crippen molar-refractivity contribution in [3.63, 3.8) is 0 Å². The molecule has 1 aromatic rings. The Hall–Kier alpha value is -2.39. The second-order valence-corrected chi connectivity index (χ2v) is 5.74. The number of carboxylic acid groups (broad SMARTS) is 1. The van der Waals surface area contributed by atoms with Crippen molar-refractivity contribution < 1.29 is 41.5 Å². The molecule has 5 nitrogen and oxygen atoms in total. The van der Waals surface area contributed by atoms with Gasteiger partial charge in [0.15, 0.2) is 0 Å². The fourth-order valence-electron chi connectivity index (χ4n) is 1.66. The largest absolute Gasteiger partial charge is 0.477 e. The van der Waals surface area contributed by atoms with Gasteiger partial charge < -0.3 is 9.84 Å². The lowest BCUT2D eigenvalue weighted by atomic mass is 9.98. The first-order valence-corrected chi connectivity index (χ1v) is 6.49. The first-order valence-electron chi connectivity index (χ1n) is 6.49. The average Bonchev–Trinajstić information content (AvgIpc) is 2.43. The maximum atomic E-state index is 14.5. The Morgan fingerprint density at radius 1 is 1.12 bits per heavy atom. The van der Waals surface area contributed by atoms with Crippen LogP contribution in [0.25, 0.3) is 0 Å². The normalized spacial score (nSPS) is 14.7. The van der Waals surface area contributed by atoms with Gasteiger partial charge in [-0.25, -0.2) is 14.0 Å².